The van der Waals surface area contributed by atoms with Crippen molar-refractivity contribution in [3.05, 3.63) is 11.6 Å². The lowest BCUT2D eigenvalue weighted by Gasteiger charge is -2.14. The summed E-state index contributed by atoms with van der Waals surface area (Å²) in [6, 6.07) is 0. The molecular formula is C12H21ClN2O. The molecule has 2 N–H and O–H groups in total. The first-order valence-electron chi connectivity index (χ1n) is 6.00. The summed E-state index contributed by atoms with van der Waals surface area (Å²) < 4.78 is 0. The standard InChI is InChI=1S/C12H20N2O.ClH/c15-12(4-3-10-1-2-10)14-9-11-5-7-13-8-6-11;/h5,10,13H,1-4,6-9H2,(H,14,15);1H. The molecule has 0 bridgehead atoms. The second kappa shape index (κ2) is 6.92. The van der Waals surface area contributed by atoms with E-state index in [1.54, 1.807) is 0 Å². The smallest absolute Gasteiger partial charge is 0.220 e. The molecule has 0 aromatic rings. The third kappa shape index (κ3) is 4.99. The topological polar surface area (TPSA) is 41.1 Å². The lowest BCUT2D eigenvalue weighted by Crippen LogP contribution is -2.29. The van der Waals surface area contributed by atoms with E-state index in [9.17, 15) is 4.79 Å². The predicted molar refractivity (Wildman–Crippen MR) is 67.8 cm³/mol. The van der Waals surface area contributed by atoms with Gasteiger partial charge in [0.2, 0.25) is 5.91 Å². The molecule has 1 saturated carbocycles. The van der Waals surface area contributed by atoms with Crippen LogP contribution in [0.25, 0.3) is 0 Å². The van der Waals surface area contributed by atoms with Crippen LogP contribution in [-0.2, 0) is 4.79 Å². The Morgan fingerprint density at radius 3 is 2.94 bits per heavy atom. The van der Waals surface area contributed by atoms with Crippen LogP contribution in [0.2, 0.25) is 0 Å². The number of nitrogens with one attached hydrogen (secondary N) is 2. The van der Waals surface area contributed by atoms with E-state index in [4.69, 9.17) is 0 Å². The molecule has 3 nitrogen and oxygen atoms in total. The van der Waals surface area contributed by atoms with Crippen molar-refractivity contribution in [1.82, 2.24) is 10.6 Å². The molecule has 1 fully saturated rings. The zero-order chi connectivity index (χ0) is 10.5. The predicted octanol–water partition coefficient (Wildman–Crippen LogP) is 1.63. The van der Waals surface area contributed by atoms with Crippen molar-refractivity contribution >= 4 is 18.3 Å². The number of hydrogen-bond donors (Lipinski definition) is 2. The van der Waals surface area contributed by atoms with E-state index in [2.05, 4.69) is 16.7 Å². The fourth-order valence-corrected chi connectivity index (χ4v) is 1.87. The quantitative estimate of drug-likeness (QED) is 0.722. The maximum absolute atomic E-state index is 11.5. The number of amides is 1. The zero-order valence-electron chi connectivity index (χ0n) is 9.63. The first kappa shape index (κ1) is 13.5. The zero-order valence-corrected chi connectivity index (χ0v) is 10.4. The Labute approximate surface area is 103 Å². The van der Waals surface area contributed by atoms with Gasteiger partial charge in [0.05, 0.1) is 0 Å². The highest BCUT2D eigenvalue weighted by Crippen LogP contribution is 2.33. The van der Waals surface area contributed by atoms with E-state index in [-0.39, 0.29) is 18.3 Å². The van der Waals surface area contributed by atoms with E-state index < -0.39 is 0 Å². The van der Waals surface area contributed by atoms with Gasteiger partial charge in [0, 0.05) is 19.5 Å². The average Bonchev–Trinajstić information content (AvgIpc) is 3.09. The summed E-state index contributed by atoms with van der Waals surface area (Å²) in [6.07, 6.45) is 7.74. The van der Waals surface area contributed by atoms with Crippen LogP contribution in [-0.4, -0.2) is 25.5 Å². The average molecular weight is 245 g/mol. The van der Waals surface area contributed by atoms with Crippen LogP contribution >= 0.6 is 12.4 Å². The molecule has 1 aliphatic carbocycles. The molecular weight excluding hydrogens is 224 g/mol. The molecule has 0 saturated heterocycles. The van der Waals surface area contributed by atoms with Gasteiger partial charge in [-0.1, -0.05) is 24.5 Å². The van der Waals surface area contributed by atoms with Crippen LogP contribution in [0.4, 0.5) is 0 Å². The Morgan fingerprint density at radius 2 is 2.31 bits per heavy atom. The first-order chi connectivity index (χ1) is 7.34. The molecule has 0 radical (unpaired) electrons. The fourth-order valence-electron chi connectivity index (χ4n) is 1.87. The van der Waals surface area contributed by atoms with Crippen molar-refractivity contribution < 1.29 is 4.79 Å². The van der Waals surface area contributed by atoms with Crippen molar-refractivity contribution in [3.8, 4) is 0 Å². The van der Waals surface area contributed by atoms with Crippen LogP contribution in [0.5, 0.6) is 0 Å². The molecule has 2 rings (SSSR count). The maximum Gasteiger partial charge on any atom is 0.220 e. The largest absolute Gasteiger partial charge is 0.352 e. The van der Waals surface area contributed by atoms with Crippen molar-refractivity contribution in [2.45, 2.75) is 32.1 Å². The normalized spacial score (nSPS) is 19.6. The highest BCUT2D eigenvalue weighted by atomic mass is 35.5. The van der Waals surface area contributed by atoms with Gasteiger partial charge in [-0.2, -0.15) is 0 Å². The Balaban J connectivity index is 0.00000128. The van der Waals surface area contributed by atoms with Gasteiger partial charge in [0.15, 0.2) is 0 Å². The summed E-state index contributed by atoms with van der Waals surface area (Å²) in [6.45, 7) is 2.75. The summed E-state index contributed by atoms with van der Waals surface area (Å²) >= 11 is 0. The molecule has 0 atom stereocenters. The number of carbonyl (C=O) groups excluding carboxylic acids is 1. The van der Waals surface area contributed by atoms with Gasteiger partial charge in [-0.3, -0.25) is 4.79 Å². The molecule has 2 aliphatic rings. The molecule has 0 aromatic carbocycles. The Morgan fingerprint density at radius 1 is 1.50 bits per heavy atom. The van der Waals surface area contributed by atoms with Crippen molar-refractivity contribution in [2.24, 2.45) is 5.92 Å². The lowest BCUT2D eigenvalue weighted by molar-refractivity contribution is -0.121. The van der Waals surface area contributed by atoms with E-state index in [0.29, 0.717) is 0 Å². The summed E-state index contributed by atoms with van der Waals surface area (Å²) in [5, 5.41) is 6.26. The second-order valence-corrected chi connectivity index (χ2v) is 4.58. The number of hydrogen-bond acceptors (Lipinski definition) is 2. The van der Waals surface area contributed by atoms with Crippen LogP contribution < -0.4 is 10.6 Å². The highest BCUT2D eigenvalue weighted by Gasteiger charge is 2.21. The summed E-state index contributed by atoms with van der Waals surface area (Å²) in [4.78, 5) is 11.5. The third-order valence-electron chi connectivity index (χ3n) is 3.15. The molecule has 16 heavy (non-hydrogen) atoms. The molecule has 0 unspecified atom stereocenters. The lowest BCUT2D eigenvalue weighted by atomic mass is 10.1. The van der Waals surface area contributed by atoms with Crippen LogP contribution in [0, 0.1) is 5.92 Å². The van der Waals surface area contributed by atoms with Gasteiger partial charge in [0.1, 0.15) is 0 Å². The third-order valence-corrected chi connectivity index (χ3v) is 3.15. The molecule has 1 aliphatic heterocycles. The minimum absolute atomic E-state index is 0. The summed E-state index contributed by atoms with van der Waals surface area (Å²) in [5.74, 6) is 1.08. The van der Waals surface area contributed by atoms with Crippen molar-refractivity contribution in [2.75, 3.05) is 19.6 Å². The van der Waals surface area contributed by atoms with E-state index >= 15 is 0 Å². The maximum atomic E-state index is 11.5. The molecule has 0 spiro atoms. The highest BCUT2D eigenvalue weighted by molar-refractivity contribution is 5.85. The second-order valence-electron chi connectivity index (χ2n) is 4.58. The fraction of sp³-hybridized carbons (Fsp3) is 0.750. The van der Waals surface area contributed by atoms with Gasteiger partial charge in [-0.05, 0) is 25.3 Å². The van der Waals surface area contributed by atoms with Crippen LogP contribution in [0.15, 0.2) is 11.6 Å². The van der Waals surface area contributed by atoms with Crippen LogP contribution in [0.3, 0.4) is 0 Å². The minimum atomic E-state index is 0. The summed E-state index contributed by atoms with van der Waals surface area (Å²) in [7, 11) is 0. The SMILES string of the molecule is Cl.O=C(CCC1CC1)NCC1=CCNCC1. The summed E-state index contributed by atoms with van der Waals surface area (Å²) in [5.41, 5.74) is 1.37. The van der Waals surface area contributed by atoms with Crippen molar-refractivity contribution in [3.63, 3.8) is 0 Å². The van der Waals surface area contributed by atoms with Crippen LogP contribution in [0.1, 0.15) is 32.1 Å². The van der Waals surface area contributed by atoms with Gasteiger partial charge < -0.3 is 10.6 Å². The minimum Gasteiger partial charge on any atom is -0.352 e. The number of halogens is 1. The monoisotopic (exact) mass is 244 g/mol. The Bertz CT molecular complexity index is 262. The van der Waals surface area contributed by atoms with Gasteiger partial charge >= 0.3 is 0 Å². The number of carbonyl (C=O) groups is 1. The Kier molecular flexibility index (Phi) is 5.85. The van der Waals surface area contributed by atoms with Gasteiger partial charge in [-0.15, -0.1) is 12.4 Å². The van der Waals surface area contributed by atoms with Gasteiger partial charge in [0.25, 0.3) is 0 Å². The van der Waals surface area contributed by atoms with E-state index in [1.165, 1.54) is 18.4 Å². The molecule has 4 heteroatoms. The van der Waals surface area contributed by atoms with Gasteiger partial charge in [-0.25, -0.2) is 0 Å². The molecule has 92 valence electrons. The van der Waals surface area contributed by atoms with E-state index in [1.807, 2.05) is 0 Å². The Hall–Kier alpha value is -0.540. The first-order valence-corrected chi connectivity index (χ1v) is 6.00. The van der Waals surface area contributed by atoms with E-state index in [0.717, 1.165) is 44.8 Å². The molecule has 0 aromatic heterocycles. The van der Waals surface area contributed by atoms with Crippen molar-refractivity contribution in [1.29, 1.82) is 0 Å². The molecule has 1 amide bonds. The molecule has 1 heterocycles. The number of rotatable bonds is 5.